The number of benzene rings is 2. The van der Waals surface area contributed by atoms with Crippen LogP contribution in [0.25, 0.3) is 0 Å². The molecule has 7 nitrogen and oxygen atoms in total. The van der Waals surface area contributed by atoms with Crippen molar-refractivity contribution in [2.45, 2.75) is 13.5 Å². The fourth-order valence-electron chi connectivity index (χ4n) is 3.74. The molecule has 1 aromatic heterocycles. The lowest BCUT2D eigenvalue weighted by atomic mass is 10.2. The molecule has 1 aliphatic rings. The molecule has 2 heterocycles. The topological polar surface area (TPSA) is 75.0 Å². The second kappa shape index (κ2) is 10.2. The summed E-state index contributed by atoms with van der Waals surface area (Å²) >= 11 is 0. The summed E-state index contributed by atoms with van der Waals surface area (Å²) < 4.78 is 10.1. The van der Waals surface area contributed by atoms with Crippen LogP contribution in [0.2, 0.25) is 0 Å². The Labute approximate surface area is 187 Å². The molecule has 0 radical (unpaired) electrons. The maximum atomic E-state index is 12.1. The number of esters is 1. The van der Waals surface area contributed by atoms with Crippen LogP contribution in [-0.4, -0.2) is 49.6 Å². The van der Waals surface area contributed by atoms with Gasteiger partial charge in [0.05, 0.1) is 6.26 Å². The van der Waals surface area contributed by atoms with Crippen molar-refractivity contribution >= 4 is 23.3 Å². The maximum Gasteiger partial charge on any atom is 0.375 e. The summed E-state index contributed by atoms with van der Waals surface area (Å²) in [4.78, 5) is 28.8. The normalized spacial score (nSPS) is 14.2. The van der Waals surface area contributed by atoms with Crippen LogP contribution in [0, 0.1) is 6.92 Å². The quantitative estimate of drug-likeness (QED) is 0.573. The summed E-state index contributed by atoms with van der Waals surface area (Å²) in [6.07, 6.45) is 1.41. The van der Waals surface area contributed by atoms with E-state index in [-0.39, 0.29) is 12.4 Å². The molecular weight excluding hydrogens is 406 g/mol. The Morgan fingerprint density at radius 2 is 1.69 bits per heavy atom. The van der Waals surface area contributed by atoms with Crippen LogP contribution in [0.4, 0.5) is 11.4 Å². The van der Waals surface area contributed by atoms with E-state index in [1.807, 2.05) is 30.3 Å². The van der Waals surface area contributed by atoms with Gasteiger partial charge < -0.3 is 19.4 Å². The highest BCUT2D eigenvalue weighted by Crippen LogP contribution is 2.20. The minimum Gasteiger partial charge on any atom is -0.457 e. The molecule has 1 amide bonds. The molecule has 3 aromatic rings. The van der Waals surface area contributed by atoms with Gasteiger partial charge in [-0.05, 0) is 42.8 Å². The second-order valence-electron chi connectivity index (χ2n) is 7.85. The number of hydrogen-bond donors (Lipinski definition) is 1. The highest BCUT2D eigenvalue weighted by molar-refractivity contribution is 5.95. The predicted octanol–water partition coefficient (Wildman–Crippen LogP) is 3.71. The first kappa shape index (κ1) is 21.6. The highest BCUT2D eigenvalue weighted by atomic mass is 16.5. The number of rotatable bonds is 7. The molecule has 32 heavy (non-hydrogen) atoms. The molecule has 0 bridgehead atoms. The largest absolute Gasteiger partial charge is 0.457 e. The van der Waals surface area contributed by atoms with Gasteiger partial charge in [0.25, 0.3) is 5.91 Å². The number of piperazine rings is 1. The molecule has 1 aliphatic heterocycles. The third-order valence-electron chi connectivity index (χ3n) is 5.52. The van der Waals surface area contributed by atoms with Crippen molar-refractivity contribution in [2.24, 2.45) is 0 Å². The van der Waals surface area contributed by atoms with Crippen LogP contribution in [0.15, 0.2) is 71.3 Å². The minimum absolute atomic E-state index is 0.117. The molecule has 0 spiro atoms. The summed E-state index contributed by atoms with van der Waals surface area (Å²) in [6, 6.07) is 19.9. The zero-order chi connectivity index (χ0) is 22.3. The molecule has 7 heteroatoms. The molecule has 1 fully saturated rings. The van der Waals surface area contributed by atoms with Crippen molar-refractivity contribution in [2.75, 3.05) is 43.0 Å². The van der Waals surface area contributed by atoms with Gasteiger partial charge in [0.2, 0.25) is 5.76 Å². The van der Waals surface area contributed by atoms with Crippen molar-refractivity contribution < 1.29 is 18.7 Å². The number of carbonyl (C=O) groups excluding carboxylic acids is 2. The van der Waals surface area contributed by atoms with E-state index in [9.17, 15) is 9.59 Å². The van der Waals surface area contributed by atoms with E-state index in [0.29, 0.717) is 11.3 Å². The molecule has 0 unspecified atom stereocenters. The average molecular weight is 434 g/mol. The summed E-state index contributed by atoms with van der Waals surface area (Å²) in [5, 5.41) is 2.75. The van der Waals surface area contributed by atoms with E-state index in [1.54, 1.807) is 13.0 Å². The number of nitrogens with one attached hydrogen (secondary N) is 1. The Morgan fingerprint density at radius 3 is 2.34 bits per heavy atom. The zero-order valence-corrected chi connectivity index (χ0v) is 18.1. The van der Waals surface area contributed by atoms with Gasteiger partial charge in [0, 0.05) is 49.7 Å². The summed E-state index contributed by atoms with van der Waals surface area (Å²) in [5.41, 5.74) is 3.80. The standard InChI is InChI=1S/C25H27N3O4/c1-19-11-16-31-24(19)25(30)32-18-23(29)26-21-7-9-22(10-8-21)28-14-12-27(13-15-28)17-20-5-3-2-4-6-20/h2-11,16H,12-15,17-18H2,1H3,(H,26,29). The van der Waals surface area contributed by atoms with Crippen molar-refractivity contribution in [1.29, 1.82) is 0 Å². The SMILES string of the molecule is Cc1ccoc1C(=O)OCC(=O)Nc1ccc(N2CCN(Cc3ccccc3)CC2)cc1. The first-order valence-electron chi connectivity index (χ1n) is 10.7. The van der Waals surface area contributed by atoms with Gasteiger partial charge in [-0.2, -0.15) is 0 Å². The van der Waals surface area contributed by atoms with Gasteiger partial charge in [-0.1, -0.05) is 30.3 Å². The van der Waals surface area contributed by atoms with Gasteiger partial charge in [-0.15, -0.1) is 0 Å². The molecule has 0 saturated carbocycles. The molecule has 166 valence electrons. The molecule has 4 rings (SSSR count). The van der Waals surface area contributed by atoms with Gasteiger partial charge in [-0.25, -0.2) is 4.79 Å². The van der Waals surface area contributed by atoms with E-state index >= 15 is 0 Å². The number of ether oxygens (including phenoxy) is 1. The second-order valence-corrected chi connectivity index (χ2v) is 7.85. The van der Waals surface area contributed by atoms with E-state index in [2.05, 4.69) is 39.4 Å². The van der Waals surface area contributed by atoms with Crippen molar-refractivity contribution in [1.82, 2.24) is 4.90 Å². The average Bonchev–Trinajstić information content (AvgIpc) is 3.25. The first-order chi connectivity index (χ1) is 15.6. The number of nitrogens with zero attached hydrogens (tertiary/aromatic N) is 2. The number of hydrogen-bond acceptors (Lipinski definition) is 6. The van der Waals surface area contributed by atoms with E-state index in [1.165, 1.54) is 11.8 Å². The number of carbonyl (C=O) groups is 2. The number of anilines is 2. The molecule has 0 aliphatic carbocycles. The van der Waals surface area contributed by atoms with Crippen LogP contribution < -0.4 is 10.2 Å². The highest BCUT2D eigenvalue weighted by Gasteiger charge is 2.18. The van der Waals surface area contributed by atoms with Crippen molar-refractivity contribution in [3.63, 3.8) is 0 Å². The van der Waals surface area contributed by atoms with Crippen molar-refractivity contribution in [3.8, 4) is 0 Å². The van der Waals surface area contributed by atoms with Crippen LogP contribution in [0.1, 0.15) is 21.7 Å². The lowest BCUT2D eigenvalue weighted by Crippen LogP contribution is -2.45. The lowest BCUT2D eigenvalue weighted by Gasteiger charge is -2.36. The summed E-state index contributed by atoms with van der Waals surface area (Å²) in [7, 11) is 0. The van der Waals surface area contributed by atoms with Crippen molar-refractivity contribution in [3.05, 3.63) is 83.8 Å². The first-order valence-corrected chi connectivity index (χ1v) is 10.7. The van der Waals surface area contributed by atoms with E-state index < -0.39 is 11.9 Å². The van der Waals surface area contributed by atoms with E-state index in [4.69, 9.17) is 9.15 Å². The Morgan fingerprint density at radius 1 is 0.969 bits per heavy atom. The number of aryl methyl sites for hydroxylation is 1. The fraction of sp³-hybridized carbons (Fsp3) is 0.280. The molecule has 1 N–H and O–H groups in total. The van der Waals surface area contributed by atoms with Crippen LogP contribution in [0.5, 0.6) is 0 Å². The monoisotopic (exact) mass is 433 g/mol. The zero-order valence-electron chi connectivity index (χ0n) is 18.1. The van der Waals surface area contributed by atoms with Gasteiger partial charge >= 0.3 is 5.97 Å². The van der Waals surface area contributed by atoms with E-state index in [0.717, 1.165) is 38.4 Å². The van der Waals surface area contributed by atoms with Gasteiger partial charge in [0.1, 0.15) is 0 Å². The van der Waals surface area contributed by atoms with Crippen LogP contribution in [0.3, 0.4) is 0 Å². The third-order valence-corrected chi connectivity index (χ3v) is 5.52. The van der Waals surface area contributed by atoms with Gasteiger partial charge in [0.15, 0.2) is 6.61 Å². The number of furan rings is 1. The predicted molar refractivity (Wildman–Crippen MR) is 123 cm³/mol. The molecule has 0 atom stereocenters. The summed E-state index contributed by atoms with van der Waals surface area (Å²) in [6.45, 7) is 6.28. The summed E-state index contributed by atoms with van der Waals surface area (Å²) in [5.74, 6) is -0.930. The van der Waals surface area contributed by atoms with Crippen LogP contribution in [-0.2, 0) is 16.1 Å². The smallest absolute Gasteiger partial charge is 0.375 e. The minimum atomic E-state index is -0.649. The Kier molecular flexibility index (Phi) is 6.87. The maximum absolute atomic E-state index is 12.1. The lowest BCUT2D eigenvalue weighted by molar-refractivity contribution is -0.119. The third kappa shape index (κ3) is 5.56. The molecule has 1 saturated heterocycles. The molecular formula is C25H27N3O4. The molecule has 2 aromatic carbocycles. The Hall–Kier alpha value is -3.58. The van der Waals surface area contributed by atoms with Gasteiger partial charge in [-0.3, -0.25) is 9.69 Å². The number of amides is 1. The van der Waals surface area contributed by atoms with Crippen LogP contribution >= 0.6 is 0 Å². The Bertz CT molecular complexity index is 1040. The Balaban J connectivity index is 1.22. The fourth-order valence-corrected chi connectivity index (χ4v) is 3.74.